The van der Waals surface area contributed by atoms with Crippen LogP contribution in [0.5, 0.6) is 0 Å². The SMILES string of the molecule is CCCc1ccc(C#CC2(CC)C=CC(c3ccccc3)=CC2C)cc1. The first-order valence-electron chi connectivity index (χ1n) is 9.75. The molecule has 0 aliphatic heterocycles. The molecule has 26 heavy (non-hydrogen) atoms. The van der Waals surface area contributed by atoms with Crippen molar-refractivity contribution in [2.45, 2.75) is 40.0 Å². The predicted octanol–water partition coefficient (Wildman–Crippen LogP) is 6.68. The van der Waals surface area contributed by atoms with Crippen molar-refractivity contribution in [1.29, 1.82) is 0 Å². The molecule has 0 fully saturated rings. The van der Waals surface area contributed by atoms with Crippen LogP contribution in [0.25, 0.3) is 5.57 Å². The molecule has 132 valence electrons. The van der Waals surface area contributed by atoms with E-state index in [4.69, 9.17) is 0 Å². The van der Waals surface area contributed by atoms with E-state index < -0.39 is 0 Å². The summed E-state index contributed by atoms with van der Waals surface area (Å²) in [5.74, 6) is 7.41. The molecule has 1 aliphatic rings. The molecule has 0 saturated heterocycles. The van der Waals surface area contributed by atoms with Crippen LogP contribution in [0.3, 0.4) is 0 Å². The third-order valence-electron chi connectivity index (χ3n) is 5.43. The van der Waals surface area contributed by atoms with E-state index in [1.807, 2.05) is 0 Å². The minimum atomic E-state index is -0.0830. The zero-order chi connectivity index (χ0) is 18.4. The average Bonchev–Trinajstić information content (AvgIpc) is 2.69. The Morgan fingerprint density at radius 3 is 2.31 bits per heavy atom. The number of hydrogen-bond acceptors (Lipinski definition) is 0. The van der Waals surface area contributed by atoms with E-state index in [1.54, 1.807) is 0 Å². The molecule has 0 heteroatoms. The maximum Gasteiger partial charge on any atom is 0.0558 e. The Morgan fingerprint density at radius 2 is 1.69 bits per heavy atom. The van der Waals surface area contributed by atoms with E-state index in [0.29, 0.717) is 5.92 Å². The molecule has 0 spiro atoms. The highest BCUT2D eigenvalue weighted by Crippen LogP contribution is 2.40. The molecule has 0 radical (unpaired) electrons. The second-order valence-corrected chi connectivity index (χ2v) is 7.20. The minimum Gasteiger partial charge on any atom is -0.0863 e. The Bertz CT molecular complexity index is 840. The number of allylic oxidation sites excluding steroid dienone is 4. The molecule has 0 nitrogen and oxygen atoms in total. The molecular weight excluding hydrogens is 312 g/mol. The Morgan fingerprint density at radius 1 is 0.962 bits per heavy atom. The van der Waals surface area contributed by atoms with Gasteiger partial charge in [-0.15, -0.1) is 0 Å². The van der Waals surface area contributed by atoms with Crippen molar-refractivity contribution in [3.05, 3.63) is 89.5 Å². The van der Waals surface area contributed by atoms with Gasteiger partial charge >= 0.3 is 0 Å². The maximum atomic E-state index is 3.59. The fourth-order valence-corrected chi connectivity index (χ4v) is 3.60. The van der Waals surface area contributed by atoms with Gasteiger partial charge in [0.05, 0.1) is 5.41 Å². The maximum absolute atomic E-state index is 3.59. The van der Waals surface area contributed by atoms with Gasteiger partial charge in [-0.3, -0.25) is 0 Å². The Hall–Kier alpha value is -2.52. The van der Waals surface area contributed by atoms with Gasteiger partial charge in [-0.2, -0.15) is 0 Å². The van der Waals surface area contributed by atoms with E-state index in [1.165, 1.54) is 23.1 Å². The molecule has 3 rings (SSSR count). The van der Waals surface area contributed by atoms with Crippen molar-refractivity contribution in [3.63, 3.8) is 0 Å². The van der Waals surface area contributed by atoms with Crippen molar-refractivity contribution < 1.29 is 0 Å². The van der Waals surface area contributed by atoms with Crippen LogP contribution in [0.2, 0.25) is 0 Å². The number of aryl methyl sites for hydroxylation is 1. The van der Waals surface area contributed by atoms with Crippen molar-refractivity contribution in [2.75, 3.05) is 0 Å². The van der Waals surface area contributed by atoms with Gasteiger partial charge in [0, 0.05) is 5.56 Å². The van der Waals surface area contributed by atoms with Gasteiger partial charge in [0.1, 0.15) is 0 Å². The normalized spacial score (nSPS) is 21.7. The van der Waals surface area contributed by atoms with E-state index in [2.05, 4.69) is 105 Å². The van der Waals surface area contributed by atoms with Gasteiger partial charge < -0.3 is 0 Å². The van der Waals surface area contributed by atoms with Crippen LogP contribution in [-0.2, 0) is 6.42 Å². The molecule has 0 amide bonds. The molecule has 0 heterocycles. The third-order valence-corrected chi connectivity index (χ3v) is 5.43. The molecule has 2 aromatic carbocycles. The summed E-state index contributed by atoms with van der Waals surface area (Å²) in [6, 6.07) is 19.3. The lowest BCUT2D eigenvalue weighted by molar-refractivity contribution is 0.383. The van der Waals surface area contributed by atoms with E-state index in [9.17, 15) is 0 Å². The largest absolute Gasteiger partial charge is 0.0863 e. The van der Waals surface area contributed by atoms with Crippen LogP contribution < -0.4 is 0 Å². The van der Waals surface area contributed by atoms with Gasteiger partial charge in [0.15, 0.2) is 0 Å². The number of hydrogen-bond donors (Lipinski definition) is 0. The molecule has 0 saturated carbocycles. The lowest BCUT2D eigenvalue weighted by atomic mass is 9.70. The molecule has 2 unspecified atom stereocenters. The van der Waals surface area contributed by atoms with Crippen LogP contribution in [-0.4, -0.2) is 0 Å². The van der Waals surface area contributed by atoms with Crippen LogP contribution in [0, 0.1) is 23.2 Å². The van der Waals surface area contributed by atoms with Crippen LogP contribution in [0.4, 0.5) is 0 Å². The highest BCUT2D eigenvalue weighted by molar-refractivity contribution is 5.76. The van der Waals surface area contributed by atoms with Gasteiger partial charge in [-0.1, -0.05) is 99.7 Å². The molecule has 2 aromatic rings. The average molecular weight is 341 g/mol. The first-order chi connectivity index (χ1) is 12.7. The standard InChI is InChI=1S/C26H28/c1-4-9-22-12-14-23(15-13-22)16-18-26(5-2)19-17-25(20-21(26)3)24-10-7-6-8-11-24/h6-8,10-15,17,19-21H,4-5,9H2,1-3H3. The summed E-state index contributed by atoms with van der Waals surface area (Å²) in [7, 11) is 0. The van der Waals surface area contributed by atoms with Gasteiger partial charge in [-0.25, -0.2) is 0 Å². The van der Waals surface area contributed by atoms with Gasteiger partial charge in [-0.05, 0) is 47.6 Å². The smallest absolute Gasteiger partial charge is 0.0558 e. The molecular formula is C26H28. The molecule has 2 atom stereocenters. The van der Waals surface area contributed by atoms with Crippen molar-refractivity contribution in [2.24, 2.45) is 11.3 Å². The number of rotatable bonds is 4. The van der Waals surface area contributed by atoms with Gasteiger partial charge in [0.2, 0.25) is 0 Å². The summed E-state index contributed by atoms with van der Waals surface area (Å²) >= 11 is 0. The lowest BCUT2D eigenvalue weighted by Gasteiger charge is -2.32. The second kappa shape index (κ2) is 8.24. The summed E-state index contributed by atoms with van der Waals surface area (Å²) < 4.78 is 0. The van der Waals surface area contributed by atoms with E-state index in [0.717, 1.165) is 18.4 Å². The fourth-order valence-electron chi connectivity index (χ4n) is 3.60. The van der Waals surface area contributed by atoms with Gasteiger partial charge in [0.25, 0.3) is 0 Å². The highest BCUT2D eigenvalue weighted by Gasteiger charge is 2.31. The molecule has 0 N–H and O–H groups in total. The summed E-state index contributed by atoms with van der Waals surface area (Å²) in [4.78, 5) is 0. The zero-order valence-electron chi connectivity index (χ0n) is 16.1. The summed E-state index contributed by atoms with van der Waals surface area (Å²) in [5, 5.41) is 0. The van der Waals surface area contributed by atoms with E-state index in [-0.39, 0.29) is 5.41 Å². The van der Waals surface area contributed by atoms with Crippen molar-refractivity contribution >= 4 is 5.57 Å². The first kappa shape index (κ1) is 18.3. The Labute approximate surface area is 158 Å². The zero-order valence-corrected chi connectivity index (χ0v) is 16.1. The molecule has 1 aliphatic carbocycles. The fraction of sp³-hybridized carbons (Fsp3) is 0.308. The predicted molar refractivity (Wildman–Crippen MR) is 113 cm³/mol. The molecule has 0 aromatic heterocycles. The van der Waals surface area contributed by atoms with Crippen LogP contribution in [0.1, 0.15) is 50.3 Å². The monoisotopic (exact) mass is 340 g/mol. The Kier molecular flexibility index (Phi) is 5.79. The van der Waals surface area contributed by atoms with Crippen molar-refractivity contribution in [3.8, 4) is 11.8 Å². The van der Waals surface area contributed by atoms with Crippen molar-refractivity contribution in [1.82, 2.24) is 0 Å². The topological polar surface area (TPSA) is 0 Å². The first-order valence-corrected chi connectivity index (χ1v) is 9.75. The third kappa shape index (κ3) is 4.00. The summed E-state index contributed by atoms with van der Waals surface area (Å²) in [6.07, 6.45) is 10.3. The van der Waals surface area contributed by atoms with Crippen LogP contribution in [0.15, 0.2) is 72.8 Å². The summed E-state index contributed by atoms with van der Waals surface area (Å²) in [5.41, 5.74) is 4.99. The Balaban J connectivity index is 1.83. The highest BCUT2D eigenvalue weighted by atomic mass is 14.3. The lowest BCUT2D eigenvalue weighted by Crippen LogP contribution is -2.25. The van der Waals surface area contributed by atoms with Crippen LogP contribution >= 0.6 is 0 Å². The minimum absolute atomic E-state index is 0.0830. The second-order valence-electron chi connectivity index (χ2n) is 7.20. The quantitative estimate of drug-likeness (QED) is 0.545. The number of benzene rings is 2. The van der Waals surface area contributed by atoms with E-state index >= 15 is 0 Å². The summed E-state index contributed by atoms with van der Waals surface area (Å²) in [6.45, 7) is 6.74. The molecule has 0 bridgehead atoms.